The first-order chi connectivity index (χ1) is 4.63. The van der Waals surface area contributed by atoms with Gasteiger partial charge in [-0.25, -0.2) is 0 Å². The first-order valence-corrected chi connectivity index (χ1v) is 3.76. The van der Waals surface area contributed by atoms with Crippen molar-refractivity contribution in [1.29, 1.82) is 0 Å². The van der Waals surface area contributed by atoms with E-state index in [1.165, 1.54) is 0 Å². The average molecular weight is 188 g/mol. The molecule has 0 aromatic carbocycles. The summed E-state index contributed by atoms with van der Waals surface area (Å²) in [5.41, 5.74) is 0. The normalized spacial score (nSPS) is 11.5. The predicted molar refractivity (Wildman–Crippen MR) is 37.9 cm³/mol. The standard InChI is InChI=1S/C7H16F2N.ClH/c1-4-10(5-2,6-3)7(8)9;/h7H,4-6H2,1-3H3;1H/q+1;/p-1. The van der Waals surface area contributed by atoms with Crippen LogP contribution in [0.25, 0.3) is 0 Å². The summed E-state index contributed by atoms with van der Waals surface area (Å²) >= 11 is 0. The zero-order chi connectivity index (χ0) is 8.20. The molecule has 0 heterocycles. The fourth-order valence-corrected chi connectivity index (χ4v) is 1.08. The Hall–Kier alpha value is 0.110. The fraction of sp³-hybridized carbons (Fsp3) is 1.00. The Kier molecular flexibility index (Phi) is 7.12. The number of hydrogen-bond acceptors (Lipinski definition) is 0. The Morgan fingerprint density at radius 3 is 1.27 bits per heavy atom. The molecule has 0 radical (unpaired) electrons. The summed E-state index contributed by atoms with van der Waals surface area (Å²) in [4.78, 5) is 0. The highest BCUT2D eigenvalue weighted by Crippen LogP contribution is 2.14. The highest BCUT2D eigenvalue weighted by atomic mass is 35.5. The molecule has 0 aromatic rings. The van der Waals surface area contributed by atoms with Crippen LogP contribution < -0.4 is 12.4 Å². The van der Waals surface area contributed by atoms with Gasteiger partial charge in [0.05, 0.1) is 19.6 Å². The van der Waals surface area contributed by atoms with Gasteiger partial charge in [0.2, 0.25) is 0 Å². The van der Waals surface area contributed by atoms with Crippen LogP contribution in [0.3, 0.4) is 0 Å². The third-order valence-corrected chi connectivity index (χ3v) is 2.30. The van der Waals surface area contributed by atoms with E-state index in [2.05, 4.69) is 0 Å². The Labute approximate surface area is 73.4 Å². The quantitative estimate of drug-likeness (QED) is 0.395. The van der Waals surface area contributed by atoms with E-state index in [9.17, 15) is 8.78 Å². The number of nitrogens with zero attached hydrogens (tertiary/aromatic N) is 1. The number of alkyl halides is 2. The van der Waals surface area contributed by atoms with E-state index in [-0.39, 0.29) is 16.9 Å². The predicted octanol–water partition coefficient (Wildman–Crippen LogP) is -0.910. The number of halogens is 3. The van der Waals surface area contributed by atoms with Gasteiger partial charge in [0.1, 0.15) is 0 Å². The van der Waals surface area contributed by atoms with Gasteiger partial charge < -0.3 is 12.4 Å². The molecule has 1 nitrogen and oxygen atoms in total. The van der Waals surface area contributed by atoms with Gasteiger partial charge in [-0.2, -0.15) is 8.78 Å². The molecule has 0 amide bonds. The molecule has 0 unspecified atom stereocenters. The molecule has 0 spiro atoms. The molecule has 0 aliphatic carbocycles. The highest BCUT2D eigenvalue weighted by molar-refractivity contribution is 4.31. The summed E-state index contributed by atoms with van der Waals surface area (Å²) in [7, 11) is 0. The molecule has 0 fully saturated rings. The van der Waals surface area contributed by atoms with E-state index in [0.717, 1.165) is 0 Å². The lowest BCUT2D eigenvalue weighted by atomic mass is 10.4. The Morgan fingerprint density at radius 1 is 1.00 bits per heavy atom. The van der Waals surface area contributed by atoms with Gasteiger partial charge in [0.15, 0.2) is 0 Å². The van der Waals surface area contributed by atoms with Crippen molar-refractivity contribution in [2.24, 2.45) is 0 Å². The third kappa shape index (κ3) is 2.91. The lowest BCUT2D eigenvalue weighted by Crippen LogP contribution is -3.00. The van der Waals surface area contributed by atoms with Crippen LogP contribution in [0.1, 0.15) is 20.8 Å². The maximum Gasteiger partial charge on any atom is 0.380 e. The summed E-state index contributed by atoms with van der Waals surface area (Å²) < 4.78 is 24.6. The van der Waals surface area contributed by atoms with Crippen LogP contribution in [0.2, 0.25) is 0 Å². The summed E-state index contributed by atoms with van der Waals surface area (Å²) in [5.74, 6) is 0. The summed E-state index contributed by atoms with van der Waals surface area (Å²) in [5, 5.41) is 0. The second kappa shape index (κ2) is 5.72. The third-order valence-electron chi connectivity index (χ3n) is 2.30. The Morgan fingerprint density at radius 2 is 1.27 bits per heavy atom. The van der Waals surface area contributed by atoms with E-state index < -0.39 is 6.55 Å². The number of quaternary nitrogens is 1. The molecule has 0 rings (SSSR count). The summed E-state index contributed by atoms with van der Waals surface area (Å²) in [6, 6.07) is 0. The molecule has 11 heavy (non-hydrogen) atoms. The van der Waals surface area contributed by atoms with Gasteiger partial charge in [-0.3, -0.25) is 4.48 Å². The van der Waals surface area contributed by atoms with Crippen molar-refractivity contribution in [3.05, 3.63) is 0 Å². The molecule has 0 aromatic heterocycles. The molecule has 0 aliphatic rings. The molecular weight excluding hydrogens is 172 g/mol. The molecule has 0 atom stereocenters. The van der Waals surface area contributed by atoms with Crippen molar-refractivity contribution in [3.63, 3.8) is 0 Å². The van der Waals surface area contributed by atoms with E-state index in [1.807, 2.05) is 0 Å². The van der Waals surface area contributed by atoms with Gasteiger partial charge >= 0.3 is 6.55 Å². The minimum atomic E-state index is -2.22. The summed E-state index contributed by atoms with van der Waals surface area (Å²) in [6.07, 6.45) is 0. The van der Waals surface area contributed by atoms with Crippen LogP contribution in [-0.2, 0) is 0 Å². The largest absolute Gasteiger partial charge is 1.00 e. The zero-order valence-corrected chi connectivity index (χ0v) is 8.04. The maximum absolute atomic E-state index is 12.3. The van der Waals surface area contributed by atoms with Crippen molar-refractivity contribution in [2.45, 2.75) is 27.3 Å². The number of hydrogen-bond donors (Lipinski definition) is 0. The second-order valence-electron chi connectivity index (χ2n) is 2.44. The SMILES string of the molecule is CC[N+](CC)(CC)C(F)F.[Cl-]. The van der Waals surface area contributed by atoms with Crippen molar-refractivity contribution in [3.8, 4) is 0 Å². The fourth-order valence-electron chi connectivity index (χ4n) is 1.08. The van der Waals surface area contributed by atoms with Crippen molar-refractivity contribution >= 4 is 0 Å². The highest BCUT2D eigenvalue weighted by Gasteiger charge is 2.31. The van der Waals surface area contributed by atoms with Gasteiger partial charge in [0.25, 0.3) is 0 Å². The van der Waals surface area contributed by atoms with Crippen LogP contribution in [0.15, 0.2) is 0 Å². The molecule has 0 saturated heterocycles. The van der Waals surface area contributed by atoms with Crippen LogP contribution in [0.4, 0.5) is 8.78 Å². The lowest BCUT2D eigenvalue weighted by molar-refractivity contribution is -0.974. The topological polar surface area (TPSA) is 0 Å². The smallest absolute Gasteiger partial charge is 0.380 e. The molecule has 0 saturated carbocycles. The van der Waals surface area contributed by atoms with Crippen LogP contribution in [-0.4, -0.2) is 30.7 Å². The first-order valence-electron chi connectivity index (χ1n) is 3.76. The summed E-state index contributed by atoms with van der Waals surface area (Å²) in [6.45, 7) is 4.75. The zero-order valence-electron chi connectivity index (χ0n) is 7.28. The molecular formula is C7H16ClF2N. The van der Waals surface area contributed by atoms with E-state index in [4.69, 9.17) is 0 Å². The van der Waals surface area contributed by atoms with E-state index >= 15 is 0 Å². The van der Waals surface area contributed by atoms with Gasteiger partial charge in [-0.1, -0.05) is 0 Å². The lowest BCUT2D eigenvalue weighted by Gasteiger charge is -2.33. The molecule has 0 N–H and O–H groups in total. The van der Waals surface area contributed by atoms with Crippen molar-refractivity contribution in [2.75, 3.05) is 19.6 Å². The van der Waals surface area contributed by atoms with E-state index in [0.29, 0.717) is 19.6 Å². The Balaban J connectivity index is 0. The average Bonchev–Trinajstić information content (AvgIpc) is 1.92. The van der Waals surface area contributed by atoms with Crippen molar-refractivity contribution < 1.29 is 25.7 Å². The van der Waals surface area contributed by atoms with Gasteiger partial charge in [0, 0.05) is 0 Å². The van der Waals surface area contributed by atoms with Gasteiger partial charge in [-0.15, -0.1) is 0 Å². The van der Waals surface area contributed by atoms with Crippen LogP contribution >= 0.6 is 0 Å². The van der Waals surface area contributed by atoms with Crippen LogP contribution in [0.5, 0.6) is 0 Å². The minimum absolute atomic E-state index is 0. The first kappa shape index (κ1) is 13.7. The molecule has 70 valence electrons. The maximum atomic E-state index is 12.3. The van der Waals surface area contributed by atoms with Crippen molar-refractivity contribution in [1.82, 2.24) is 0 Å². The minimum Gasteiger partial charge on any atom is -1.00 e. The molecule has 4 heteroatoms. The molecule has 0 bridgehead atoms. The number of rotatable bonds is 4. The monoisotopic (exact) mass is 187 g/mol. The Bertz CT molecular complexity index is 86.2. The van der Waals surface area contributed by atoms with Crippen LogP contribution in [0, 0.1) is 0 Å². The second-order valence-corrected chi connectivity index (χ2v) is 2.44. The molecule has 0 aliphatic heterocycles. The van der Waals surface area contributed by atoms with Gasteiger partial charge in [-0.05, 0) is 20.8 Å². The van der Waals surface area contributed by atoms with E-state index in [1.54, 1.807) is 20.8 Å².